The lowest BCUT2D eigenvalue weighted by Crippen LogP contribution is -2.41. The van der Waals surface area contributed by atoms with Crippen LogP contribution in [-0.4, -0.2) is 33.3 Å². The Kier molecular flexibility index (Phi) is 5.42. The number of rotatable bonds is 6. The summed E-state index contributed by atoms with van der Waals surface area (Å²) in [5.41, 5.74) is 2.03. The van der Waals surface area contributed by atoms with Crippen molar-refractivity contribution in [3.8, 4) is 5.75 Å². The van der Waals surface area contributed by atoms with Gasteiger partial charge < -0.3 is 14.4 Å². The molecule has 22 heavy (non-hydrogen) atoms. The number of benzene rings is 2. The van der Waals surface area contributed by atoms with E-state index < -0.39 is 0 Å². The molecule has 0 aromatic heterocycles. The monoisotopic (exact) mass is 299 g/mol. The van der Waals surface area contributed by atoms with Gasteiger partial charge in [0, 0.05) is 19.2 Å². The van der Waals surface area contributed by atoms with Gasteiger partial charge in [-0.25, -0.2) is 4.79 Å². The van der Waals surface area contributed by atoms with Crippen LogP contribution in [-0.2, 0) is 16.0 Å². The van der Waals surface area contributed by atoms with Crippen LogP contribution in [0, 0.1) is 0 Å². The first kappa shape index (κ1) is 15.9. The lowest BCUT2D eigenvalue weighted by Gasteiger charge is -2.28. The van der Waals surface area contributed by atoms with Gasteiger partial charge in [0.15, 0.2) is 0 Å². The molecule has 0 amide bonds. The molecule has 4 nitrogen and oxygen atoms in total. The number of carbonyl (C=O) groups excluding carboxylic acids is 1. The lowest BCUT2D eigenvalue weighted by molar-refractivity contribution is -0.142. The Labute approximate surface area is 131 Å². The minimum atomic E-state index is -0.374. The summed E-state index contributed by atoms with van der Waals surface area (Å²) in [5, 5.41) is 0. The molecule has 2 aromatic carbocycles. The molecule has 4 heteroatoms. The number of anilines is 1. The Morgan fingerprint density at radius 2 is 1.68 bits per heavy atom. The summed E-state index contributed by atoms with van der Waals surface area (Å²) in [5.74, 6) is 0.539. The molecule has 0 aliphatic carbocycles. The van der Waals surface area contributed by atoms with E-state index >= 15 is 0 Å². The van der Waals surface area contributed by atoms with Crippen molar-refractivity contribution in [1.82, 2.24) is 0 Å². The van der Waals surface area contributed by atoms with Crippen molar-refractivity contribution >= 4 is 11.7 Å². The number of hydrogen-bond donors (Lipinski definition) is 0. The van der Waals surface area contributed by atoms with Crippen molar-refractivity contribution in [3.05, 3.63) is 60.2 Å². The molecule has 0 N–H and O–H groups in total. The molecule has 2 aromatic rings. The van der Waals surface area contributed by atoms with E-state index in [1.165, 1.54) is 7.11 Å². The maximum Gasteiger partial charge on any atom is 0.328 e. The third-order valence-electron chi connectivity index (χ3n) is 3.69. The first-order chi connectivity index (χ1) is 10.7. The number of methoxy groups -OCH3 is 2. The van der Waals surface area contributed by atoms with E-state index in [1.807, 2.05) is 66.5 Å². The molecular weight excluding hydrogens is 278 g/mol. The smallest absolute Gasteiger partial charge is 0.328 e. The summed E-state index contributed by atoms with van der Waals surface area (Å²) in [6.07, 6.45) is 0.593. The van der Waals surface area contributed by atoms with Crippen molar-refractivity contribution in [3.63, 3.8) is 0 Å². The van der Waals surface area contributed by atoms with Crippen LogP contribution in [0.2, 0.25) is 0 Å². The first-order valence-corrected chi connectivity index (χ1v) is 7.14. The zero-order valence-electron chi connectivity index (χ0n) is 13.2. The summed E-state index contributed by atoms with van der Waals surface area (Å²) in [6.45, 7) is 0. The Balaban J connectivity index is 2.21. The fraction of sp³-hybridized carbons (Fsp3) is 0.278. The van der Waals surface area contributed by atoms with Gasteiger partial charge in [-0.3, -0.25) is 0 Å². The third-order valence-corrected chi connectivity index (χ3v) is 3.69. The summed E-state index contributed by atoms with van der Waals surface area (Å²) in [7, 11) is 4.94. The molecule has 116 valence electrons. The quantitative estimate of drug-likeness (QED) is 0.769. The van der Waals surface area contributed by atoms with Crippen molar-refractivity contribution in [2.45, 2.75) is 12.5 Å². The van der Waals surface area contributed by atoms with Gasteiger partial charge in [0.05, 0.1) is 14.2 Å². The molecule has 1 atom stereocenters. The van der Waals surface area contributed by atoms with Crippen LogP contribution in [0.1, 0.15) is 5.56 Å². The number of likely N-dealkylation sites (N-methyl/N-ethyl adjacent to an activating group) is 1. The van der Waals surface area contributed by atoms with E-state index in [2.05, 4.69) is 0 Å². The second-order valence-corrected chi connectivity index (χ2v) is 5.04. The molecule has 0 radical (unpaired) electrons. The molecule has 0 aliphatic heterocycles. The van der Waals surface area contributed by atoms with Gasteiger partial charge >= 0.3 is 5.97 Å². The zero-order chi connectivity index (χ0) is 15.9. The number of nitrogens with zero attached hydrogens (tertiary/aromatic N) is 1. The van der Waals surface area contributed by atoms with Crippen LogP contribution in [0.5, 0.6) is 5.75 Å². The normalized spacial score (nSPS) is 11.6. The average Bonchev–Trinajstić information content (AvgIpc) is 2.59. The summed E-state index contributed by atoms with van der Waals surface area (Å²) >= 11 is 0. The van der Waals surface area contributed by atoms with E-state index in [0.717, 1.165) is 17.0 Å². The molecule has 0 aliphatic rings. The number of esters is 1. The van der Waals surface area contributed by atoms with Crippen molar-refractivity contribution in [2.24, 2.45) is 0 Å². The van der Waals surface area contributed by atoms with Crippen molar-refractivity contribution in [1.29, 1.82) is 0 Å². The van der Waals surface area contributed by atoms with Gasteiger partial charge in [0.1, 0.15) is 11.8 Å². The molecular formula is C18H21NO3. The van der Waals surface area contributed by atoms with Crippen LogP contribution in [0.4, 0.5) is 5.69 Å². The Hall–Kier alpha value is -2.49. The van der Waals surface area contributed by atoms with Crippen LogP contribution < -0.4 is 9.64 Å². The van der Waals surface area contributed by atoms with E-state index in [1.54, 1.807) is 7.11 Å². The maximum absolute atomic E-state index is 12.2. The fourth-order valence-electron chi connectivity index (χ4n) is 2.35. The standard InChI is InChI=1S/C18H21NO3/c1-19(15-9-11-16(21-2)12-10-15)17(18(20)22-3)13-14-7-5-4-6-8-14/h4-12,17H,13H2,1-3H3. The Morgan fingerprint density at radius 1 is 1.05 bits per heavy atom. The summed E-state index contributed by atoms with van der Waals surface area (Å²) in [6, 6.07) is 17.2. The molecule has 0 bridgehead atoms. The molecule has 0 saturated carbocycles. The van der Waals surface area contributed by atoms with Crippen LogP contribution in [0.3, 0.4) is 0 Å². The minimum absolute atomic E-state index is 0.248. The van der Waals surface area contributed by atoms with Gasteiger partial charge in [-0.2, -0.15) is 0 Å². The molecule has 0 spiro atoms. The second-order valence-electron chi connectivity index (χ2n) is 5.04. The van der Waals surface area contributed by atoms with E-state index in [0.29, 0.717) is 6.42 Å². The van der Waals surface area contributed by atoms with Crippen LogP contribution >= 0.6 is 0 Å². The maximum atomic E-state index is 12.2. The fourth-order valence-corrected chi connectivity index (χ4v) is 2.35. The summed E-state index contributed by atoms with van der Waals surface area (Å²) in [4.78, 5) is 14.1. The van der Waals surface area contributed by atoms with Gasteiger partial charge in [-0.05, 0) is 29.8 Å². The van der Waals surface area contributed by atoms with Crippen LogP contribution in [0.15, 0.2) is 54.6 Å². The molecule has 0 fully saturated rings. The van der Waals surface area contributed by atoms with Crippen molar-refractivity contribution in [2.75, 3.05) is 26.2 Å². The topological polar surface area (TPSA) is 38.8 Å². The third kappa shape index (κ3) is 3.79. The van der Waals surface area contributed by atoms with E-state index in [9.17, 15) is 4.79 Å². The first-order valence-electron chi connectivity index (χ1n) is 7.14. The summed E-state index contributed by atoms with van der Waals surface area (Å²) < 4.78 is 10.1. The number of hydrogen-bond acceptors (Lipinski definition) is 4. The second kappa shape index (κ2) is 7.50. The highest BCUT2D eigenvalue weighted by atomic mass is 16.5. The molecule has 0 heterocycles. The minimum Gasteiger partial charge on any atom is -0.497 e. The number of ether oxygens (including phenoxy) is 2. The molecule has 1 unspecified atom stereocenters. The van der Waals surface area contributed by atoms with E-state index in [4.69, 9.17) is 9.47 Å². The number of carbonyl (C=O) groups is 1. The average molecular weight is 299 g/mol. The highest BCUT2D eigenvalue weighted by molar-refractivity contribution is 5.80. The SMILES string of the molecule is COC(=O)C(Cc1ccccc1)N(C)c1ccc(OC)cc1. The van der Waals surface area contributed by atoms with Gasteiger partial charge in [0.25, 0.3) is 0 Å². The lowest BCUT2D eigenvalue weighted by atomic mass is 10.0. The molecule has 2 rings (SSSR count). The van der Waals surface area contributed by atoms with Crippen LogP contribution in [0.25, 0.3) is 0 Å². The van der Waals surface area contributed by atoms with Crippen molar-refractivity contribution < 1.29 is 14.3 Å². The van der Waals surface area contributed by atoms with Gasteiger partial charge in [0.2, 0.25) is 0 Å². The highest BCUT2D eigenvalue weighted by Gasteiger charge is 2.24. The molecule has 0 saturated heterocycles. The van der Waals surface area contributed by atoms with Gasteiger partial charge in [-0.1, -0.05) is 30.3 Å². The Morgan fingerprint density at radius 3 is 2.23 bits per heavy atom. The Bertz CT molecular complexity index is 595. The predicted octanol–water partition coefficient (Wildman–Crippen LogP) is 2.92. The van der Waals surface area contributed by atoms with Gasteiger partial charge in [-0.15, -0.1) is 0 Å². The predicted molar refractivity (Wildman–Crippen MR) is 87.3 cm³/mol. The zero-order valence-corrected chi connectivity index (χ0v) is 13.2. The highest BCUT2D eigenvalue weighted by Crippen LogP contribution is 2.21. The largest absolute Gasteiger partial charge is 0.497 e. The van der Waals surface area contributed by atoms with E-state index in [-0.39, 0.29) is 12.0 Å².